The Balaban J connectivity index is 0.00000170. The first kappa shape index (κ1) is 63.5. The van der Waals surface area contributed by atoms with Crippen LogP contribution in [0, 0.1) is 0 Å². The van der Waals surface area contributed by atoms with Crippen LogP contribution in [0.2, 0.25) is 0 Å². The van der Waals surface area contributed by atoms with E-state index in [1.54, 1.807) is 32.9 Å². The molecule has 0 saturated carbocycles. The number of benzene rings is 1. The van der Waals surface area contributed by atoms with Crippen LogP contribution in [-0.2, 0) is 44.8 Å². The number of carboxylic acids is 3. The fourth-order valence-electron chi connectivity index (χ4n) is 5.74. The number of rotatable bonds is 14. The van der Waals surface area contributed by atoms with Gasteiger partial charge in [-0.05, 0) is 82.7 Å². The molecule has 0 spiro atoms. The molecule has 1 aliphatic rings. The average molecular weight is 1070 g/mol. The number of guanidine groups is 1. The molecule has 1 aromatic carbocycles. The summed E-state index contributed by atoms with van der Waals surface area (Å²) in [6, 6.07) is 5.36. The van der Waals surface area contributed by atoms with Crippen molar-refractivity contribution in [2.75, 3.05) is 32.1 Å². The Morgan fingerprint density at radius 1 is 0.824 bits per heavy atom. The third-order valence-corrected chi connectivity index (χ3v) is 9.17. The lowest BCUT2D eigenvalue weighted by Crippen LogP contribution is -2.56. The van der Waals surface area contributed by atoms with Crippen LogP contribution < -0.4 is 48.9 Å². The minimum absolute atomic E-state index is 0.0391. The molecule has 7 amide bonds. The van der Waals surface area contributed by atoms with E-state index in [2.05, 4.69) is 47.4 Å². The average Bonchev–Trinajstić information content (AvgIpc) is 3.29. The van der Waals surface area contributed by atoms with Gasteiger partial charge in [0, 0.05) is 38.4 Å². The first-order chi connectivity index (χ1) is 34.2. The van der Waals surface area contributed by atoms with E-state index in [1.165, 1.54) is 37.5 Å². The number of aliphatic imine (C=N–C) groups is 1. The number of hydrogen-bond acceptors (Lipinski definition) is 14. The molecule has 3 atom stereocenters. The molecule has 32 heteroatoms. The number of ether oxygens (including phenoxy) is 1. The molecular formula is C42H56F6N12O14. The highest BCUT2D eigenvalue weighted by molar-refractivity contribution is 5.99. The van der Waals surface area contributed by atoms with Gasteiger partial charge in [0.2, 0.25) is 23.6 Å². The SMILES string of the molecule is CN1C(=O)[C@@H](CCCCNC(=O)c2ccc(NNC(=O)OC(C)(C)C)nc2)NC(=O)c2cccc(c2)CNC(=O)[C@H](CC(=O)O)NC(=O)CNC(=O)[C@@H]1CCCN=C(N)N.O=C(O)C(F)(F)F.O=C(O)C(F)(F)F. The molecule has 0 radical (unpaired) electrons. The van der Waals surface area contributed by atoms with Gasteiger partial charge < -0.3 is 63.0 Å². The number of carbonyl (C=O) groups excluding carboxylic acids is 7. The Morgan fingerprint density at radius 2 is 1.43 bits per heavy atom. The maximum atomic E-state index is 14.2. The van der Waals surface area contributed by atoms with Crippen molar-refractivity contribution >= 4 is 71.2 Å². The summed E-state index contributed by atoms with van der Waals surface area (Å²) in [6.45, 7) is 4.70. The van der Waals surface area contributed by atoms with Gasteiger partial charge in [0.15, 0.2) is 5.96 Å². The normalized spacial score (nSPS) is 16.7. The quantitative estimate of drug-likeness (QED) is 0.0402. The van der Waals surface area contributed by atoms with Crippen molar-refractivity contribution in [1.82, 2.24) is 41.9 Å². The van der Waals surface area contributed by atoms with Crippen LogP contribution in [0.15, 0.2) is 47.6 Å². The van der Waals surface area contributed by atoms with E-state index in [1.807, 2.05) is 0 Å². The van der Waals surface area contributed by atoms with Gasteiger partial charge in [-0.3, -0.25) is 44.0 Å². The predicted octanol–water partition coefficient (Wildman–Crippen LogP) is 0.485. The molecule has 0 unspecified atom stereocenters. The van der Waals surface area contributed by atoms with Gasteiger partial charge in [-0.25, -0.2) is 24.8 Å². The van der Waals surface area contributed by atoms with E-state index < -0.39 is 108 Å². The van der Waals surface area contributed by atoms with E-state index >= 15 is 0 Å². The number of nitrogens with zero attached hydrogens (tertiary/aromatic N) is 3. The summed E-state index contributed by atoms with van der Waals surface area (Å²) in [5.41, 5.74) is 16.0. The largest absolute Gasteiger partial charge is 0.490 e. The van der Waals surface area contributed by atoms with Crippen molar-refractivity contribution in [3.05, 3.63) is 59.3 Å². The zero-order chi connectivity index (χ0) is 56.6. The van der Waals surface area contributed by atoms with E-state index in [0.29, 0.717) is 18.4 Å². The minimum Gasteiger partial charge on any atom is -0.481 e. The maximum Gasteiger partial charge on any atom is 0.490 e. The number of likely N-dealkylation sites (N-methyl/N-ethyl adjacent to an activating group) is 1. The van der Waals surface area contributed by atoms with Gasteiger partial charge in [0.05, 0.1) is 18.5 Å². The molecule has 0 fully saturated rings. The summed E-state index contributed by atoms with van der Waals surface area (Å²) >= 11 is 0. The first-order valence-electron chi connectivity index (χ1n) is 21.6. The molecule has 410 valence electrons. The Bertz CT molecular complexity index is 2300. The highest BCUT2D eigenvalue weighted by atomic mass is 19.4. The molecule has 0 saturated heterocycles. The van der Waals surface area contributed by atoms with Crippen LogP contribution in [0.1, 0.15) is 85.6 Å². The number of alkyl halides is 6. The summed E-state index contributed by atoms with van der Waals surface area (Å²) in [4.78, 5) is 130. The summed E-state index contributed by atoms with van der Waals surface area (Å²) in [5.74, 6) is -10.9. The molecule has 2 heterocycles. The number of unbranched alkanes of at least 4 members (excludes halogenated alkanes) is 1. The topological polar surface area (TPSA) is 405 Å². The molecule has 26 nitrogen and oxygen atoms in total. The van der Waals surface area contributed by atoms with Gasteiger partial charge >= 0.3 is 36.4 Å². The number of aliphatic carboxylic acids is 3. The number of hydrazine groups is 1. The third kappa shape index (κ3) is 25.6. The van der Waals surface area contributed by atoms with Crippen LogP contribution in [0.3, 0.4) is 0 Å². The first-order valence-corrected chi connectivity index (χ1v) is 21.6. The molecule has 2 bridgehead atoms. The number of pyridine rings is 1. The van der Waals surface area contributed by atoms with E-state index in [4.69, 9.17) is 36.0 Å². The molecule has 74 heavy (non-hydrogen) atoms. The number of halogens is 6. The number of fused-ring (bicyclic) bond motifs is 2. The third-order valence-electron chi connectivity index (χ3n) is 9.17. The number of carbonyl (C=O) groups is 10. The molecule has 0 aliphatic carbocycles. The fourth-order valence-corrected chi connectivity index (χ4v) is 5.74. The lowest BCUT2D eigenvalue weighted by molar-refractivity contribution is -0.193. The predicted molar refractivity (Wildman–Crippen MR) is 244 cm³/mol. The lowest BCUT2D eigenvalue weighted by atomic mass is 10.0. The van der Waals surface area contributed by atoms with Crippen molar-refractivity contribution in [2.24, 2.45) is 16.5 Å². The summed E-state index contributed by atoms with van der Waals surface area (Å²) < 4.78 is 68.6. The molecule has 2 aromatic rings. The summed E-state index contributed by atoms with van der Waals surface area (Å²) in [5, 5.41) is 36.5. The summed E-state index contributed by atoms with van der Waals surface area (Å²) in [6.07, 6.45) is -9.20. The highest BCUT2D eigenvalue weighted by Crippen LogP contribution is 2.16. The molecular weight excluding hydrogens is 1010 g/mol. The number of anilines is 1. The molecule has 3 rings (SSSR count). The van der Waals surface area contributed by atoms with Crippen molar-refractivity contribution in [3.8, 4) is 0 Å². The number of hydrogen-bond donors (Lipinski definition) is 12. The van der Waals surface area contributed by atoms with Gasteiger partial charge in [0.1, 0.15) is 29.5 Å². The van der Waals surface area contributed by atoms with Crippen molar-refractivity contribution in [1.29, 1.82) is 0 Å². The Labute approximate surface area is 416 Å². The Hall–Kier alpha value is -8.48. The monoisotopic (exact) mass is 1070 g/mol. The van der Waals surface area contributed by atoms with Gasteiger partial charge in [-0.2, -0.15) is 26.3 Å². The van der Waals surface area contributed by atoms with Crippen LogP contribution >= 0.6 is 0 Å². The molecule has 1 aliphatic heterocycles. The fraction of sp³-hybridized carbons (Fsp3) is 0.476. The van der Waals surface area contributed by atoms with Gasteiger partial charge in [-0.15, -0.1) is 0 Å². The number of nitrogens with one attached hydrogen (secondary N) is 7. The van der Waals surface area contributed by atoms with Crippen molar-refractivity contribution < 1.29 is 94.3 Å². The van der Waals surface area contributed by atoms with Crippen LogP contribution in [-0.4, -0.2) is 153 Å². The number of amides is 7. The molecule has 1 aromatic heterocycles. The lowest BCUT2D eigenvalue weighted by Gasteiger charge is -2.31. The van der Waals surface area contributed by atoms with Gasteiger partial charge in [-0.1, -0.05) is 12.1 Å². The van der Waals surface area contributed by atoms with Crippen LogP contribution in [0.5, 0.6) is 0 Å². The Kier molecular flexibility index (Phi) is 25.6. The second kappa shape index (κ2) is 29.8. The standard InChI is InChI=1S/C38H54N12O10.2C2HF3O2/c1-38(2,3)60-37(59)49-48-28-14-13-24(20-43-28)31(54)41-15-6-5-11-25-35(58)50(4)27(12-8-16-42-36(39)40)34(57)45-21-29(51)46-26(18-30(52)53)33(56)44-19-22-9-7-10-23(17-22)32(55)47-25;2*3-2(4,5)1(6)7/h7,9-10,13-14,17,20,25-27H,5-6,8,11-12,15-16,18-19,21H2,1-4H3,(H,41,54)(H,43,48)(H,44,56)(H,45,57)(H,46,51)(H,47,55)(H,49,59)(H,52,53)(H4,39,40,42);2*(H,6,7)/t25-,26+,27+;;/m1../s1. The number of nitrogens with two attached hydrogens (primary N) is 2. The van der Waals surface area contributed by atoms with Crippen LogP contribution in [0.25, 0.3) is 0 Å². The Morgan fingerprint density at radius 3 is 1.97 bits per heavy atom. The minimum atomic E-state index is -5.08. The smallest absolute Gasteiger partial charge is 0.481 e. The van der Waals surface area contributed by atoms with Crippen molar-refractivity contribution in [2.45, 2.75) is 102 Å². The highest BCUT2D eigenvalue weighted by Gasteiger charge is 2.39. The van der Waals surface area contributed by atoms with Crippen molar-refractivity contribution in [3.63, 3.8) is 0 Å². The zero-order valence-electron chi connectivity index (χ0n) is 39.9. The van der Waals surface area contributed by atoms with E-state index in [0.717, 1.165) is 4.90 Å². The second-order valence-electron chi connectivity index (χ2n) is 16.3. The van der Waals surface area contributed by atoms with Crippen LogP contribution in [0.4, 0.5) is 37.0 Å². The number of aromatic nitrogens is 1. The van der Waals surface area contributed by atoms with Gasteiger partial charge in [0.25, 0.3) is 11.8 Å². The number of carboxylic acid groups (broad SMARTS) is 3. The van der Waals surface area contributed by atoms with E-state index in [9.17, 15) is 69.8 Å². The van der Waals surface area contributed by atoms with E-state index in [-0.39, 0.29) is 61.8 Å². The summed E-state index contributed by atoms with van der Waals surface area (Å²) in [7, 11) is 1.38. The zero-order valence-corrected chi connectivity index (χ0v) is 39.9. The second-order valence-corrected chi connectivity index (χ2v) is 16.3. The maximum absolute atomic E-state index is 14.2. The molecule has 14 N–H and O–H groups in total.